The number of ether oxygens (including phenoxy) is 2. The lowest BCUT2D eigenvalue weighted by Crippen LogP contribution is -2.33. The van der Waals surface area contributed by atoms with Gasteiger partial charge in [0.15, 0.2) is 0 Å². The average Bonchev–Trinajstić information content (AvgIpc) is 3.23. The van der Waals surface area contributed by atoms with E-state index in [2.05, 4.69) is 10.6 Å². The highest BCUT2D eigenvalue weighted by atomic mass is 16.5. The molecular weight excluding hydrogens is 300 g/mol. The van der Waals surface area contributed by atoms with Gasteiger partial charge >= 0.3 is 12.1 Å². The van der Waals surface area contributed by atoms with Gasteiger partial charge < -0.3 is 20.1 Å². The van der Waals surface area contributed by atoms with Gasteiger partial charge in [-0.3, -0.25) is 9.80 Å². The number of nitrogens with one attached hydrogen (secondary N) is 2. The molecule has 0 aliphatic carbocycles. The minimum Gasteiger partial charge on any atom is -0.359 e. The SMILES string of the molecule is Cc1ccc(NC(=O)N2CCOC2)cc1NC(=O)N1CCOC1. The van der Waals surface area contributed by atoms with E-state index in [1.165, 1.54) is 0 Å². The fourth-order valence-corrected chi connectivity index (χ4v) is 2.38. The number of aryl methyl sites for hydroxylation is 1. The Morgan fingerprint density at radius 3 is 2.17 bits per heavy atom. The van der Waals surface area contributed by atoms with E-state index in [-0.39, 0.29) is 12.1 Å². The van der Waals surface area contributed by atoms with Crippen molar-refractivity contribution in [2.45, 2.75) is 6.92 Å². The zero-order valence-electron chi connectivity index (χ0n) is 13.0. The van der Waals surface area contributed by atoms with Crippen molar-refractivity contribution < 1.29 is 19.1 Å². The van der Waals surface area contributed by atoms with Crippen LogP contribution in [0, 0.1) is 6.92 Å². The first-order valence-corrected chi connectivity index (χ1v) is 7.51. The second kappa shape index (κ2) is 6.84. The number of hydrogen-bond donors (Lipinski definition) is 2. The predicted octanol–water partition coefficient (Wildman–Crippen LogP) is 1.64. The van der Waals surface area contributed by atoms with Crippen molar-refractivity contribution in [3.8, 4) is 0 Å². The molecule has 8 heteroatoms. The molecule has 8 nitrogen and oxygen atoms in total. The normalized spacial score (nSPS) is 17.4. The van der Waals surface area contributed by atoms with Crippen molar-refractivity contribution >= 4 is 23.4 Å². The van der Waals surface area contributed by atoms with Gasteiger partial charge in [-0.25, -0.2) is 9.59 Å². The first-order chi connectivity index (χ1) is 11.1. The van der Waals surface area contributed by atoms with E-state index in [1.807, 2.05) is 13.0 Å². The highest BCUT2D eigenvalue weighted by Crippen LogP contribution is 2.21. The standard InChI is InChI=1S/C15H20N4O4/c1-11-2-3-12(16-14(20)18-4-6-22-9-18)8-13(11)17-15(21)19-5-7-23-10-19/h2-3,8H,4-7,9-10H2,1H3,(H,16,20)(H,17,21). The zero-order valence-corrected chi connectivity index (χ0v) is 13.0. The topological polar surface area (TPSA) is 83.1 Å². The van der Waals surface area contributed by atoms with Gasteiger partial charge in [-0.15, -0.1) is 0 Å². The number of anilines is 2. The van der Waals surface area contributed by atoms with Gasteiger partial charge in [0.05, 0.1) is 13.2 Å². The van der Waals surface area contributed by atoms with E-state index >= 15 is 0 Å². The van der Waals surface area contributed by atoms with Gasteiger partial charge in [-0.05, 0) is 24.6 Å². The molecule has 2 N–H and O–H groups in total. The maximum Gasteiger partial charge on any atom is 0.323 e. The van der Waals surface area contributed by atoms with Crippen LogP contribution in [-0.2, 0) is 9.47 Å². The van der Waals surface area contributed by atoms with E-state index in [0.717, 1.165) is 5.56 Å². The van der Waals surface area contributed by atoms with Gasteiger partial charge in [-0.1, -0.05) is 6.07 Å². The molecule has 2 fully saturated rings. The number of amides is 4. The molecule has 0 bridgehead atoms. The molecule has 2 aliphatic rings. The van der Waals surface area contributed by atoms with Crippen molar-refractivity contribution in [3.63, 3.8) is 0 Å². The molecule has 2 aliphatic heterocycles. The van der Waals surface area contributed by atoms with Gasteiger partial charge in [0.2, 0.25) is 0 Å². The van der Waals surface area contributed by atoms with Crippen LogP contribution in [0.15, 0.2) is 18.2 Å². The molecule has 2 heterocycles. The van der Waals surface area contributed by atoms with Crippen molar-refractivity contribution in [3.05, 3.63) is 23.8 Å². The van der Waals surface area contributed by atoms with Crippen LogP contribution in [0.1, 0.15) is 5.56 Å². The van der Waals surface area contributed by atoms with Gasteiger partial charge in [-0.2, -0.15) is 0 Å². The lowest BCUT2D eigenvalue weighted by molar-refractivity contribution is 0.149. The molecule has 0 unspecified atom stereocenters. The molecular formula is C15H20N4O4. The number of rotatable bonds is 2. The molecule has 23 heavy (non-hydrogen) atoms. The predicted molar refractivity (Wildman–Crippen MR) is 84.3 cm³/mol. The molecule has 4 amide bonds. The van der Waals surface area contributed by atoms with Gasteiger partial charge in [0.25, 0.3) is 0 Å². The van der Waals surface area contributed by atoms with Crippen LogP contribution in [0.5, 0.6) is 0 Å². The molecule has 2 saturated heterocycles. The molecule has 1 aromatic carbocycles. The van der Waals surface area contributed by atoms with E-state index in [1.54, 1.807) is 21.9 Å². The number of benzene rings is 1. The number of carbonyl (C=O) groups is 2. The molecule has 124 valence electrons. The third kappa shape index (κ3) is 3.72. The Morgan fingerprint density at radius 1 is 1.00 bits per heavy atom. The van der Waals surface area contributed by atoms with Crippen LogP contribution in [-0.4, -0.2) is 61.6 Å². The smallest absolute Gasteiger partial charge is 0.323 e. The summed E-state index contributed by atoms with van der Waals surface area (Å²) < 4.78 is 10.3. The fourth-order valence-electron chi connectivity index (χ4n) is 2.38. The van der Waals surface area contributed by atoms with E-state index in [9.17, 15) is 9.59 Å². The molecule has 1 aromatic rings. The second-order valence-corrected chi connectivity index (χ2v) is 5.49. The Morgan fingerprint density at radius 2 is 1.61 bits per heavy atom. The van der Waals surface area contributed by atoms with Crippen LogP contribution in [0.2, 0.25) is 0 Å². The van der Waals surface area contributed by atoms with E-state index < -0.39 is 0 Å². The van der Waals surface area contributed by atoms with Gasteiger partial charge in [0.1, 0.15) is 13.5 Å². The Kier molecular flexibility index (Phi) is 4.63. The third-order valence-corrected chi connectivity index (χ3v) is 3.81. The van der Waals surface area contributed by atoms with Crippen molar-refractivity contribution in [1.29, 1.82) is 0 Å². The highest BCUT2D eigenvalue weighted by Gasteiger charge is 2.20. The van der Waals surface area contributed by atoms with E-state index in [4.69, 9.17) is 9.47 Å². The Hall–Kier alpha value is -2.32. The van der Waals surface area contributed by atoms with Crippen molar-refractivity contribution in [2.24, 2.45) is 0 Å². The quantitative estimate of drug-likeness (QED) is 0.868. The molecule has 0 radical (unpaired) electrons. The first kappa shape index (κ1) is 15.6. The summed E-state index contributed by atoms with van der Waals surface area (Å²) >= 11 is 0. The monoisotopic (exact) mass is 320 g/mol. The summed E-state index contributed by atoms with van der Waals surface area (Å²) in [4.78, 5) is 27.4. The molecule has 3 rings (SSSR count). The lowest BCUT2D eigenvalue weighted by atomic mass is 10.2. The Bertz CT molecular complexity index is 595. The van der Waals surface area contributed by atoms with E-state index in [0.29, 0.717) is 51.1 Å². The van der Waals surface area contributed by atoms with Crippen LogP contribution < -0.4 is 10.6 Å². The molecule has 0 atom stereocenters. The lowest BCUT2D eigenvalue weighted by Gasteiger charge is -2.18. The Balaban J connectivity index is 1.65. The van der Waals surface area contributed by atoms with Crippen molar-refractivity contribution in [2.75, 3.05) is 50.4 Å². The number of carbonyl (C=O) groups excluding carboxylic acids is 2. The summed E-state index contributed by atoms with van der Waals surface area (Å²) in [6.07, 6.45) is 0. The third-order valence-electron chi connectivity index (χ3n) is 3.81. The fraction of sp³-hybridized carbons (Fsp3) is 0.467. The minimum atomic E-state index is -0.212. The second-order valence-electron chi connectivity index (χ2n) is 5.49. The number of nitrogens with zero attached hydrogens (tertiary/aromatic N) is 2. The maximum absolute atomic E-state index is 12.1. The summed E-state index contributed by atoms with van der Waals surface area (Å²) in [7, 11) is 0. The highest BCUT2D eigenvalue weighted by molar-refractivity contribution is 5.93. The van der Waals surface area contributed by atoms with Gasteiger partial charge in [0, 0.05) is 24.5 Å². The summed E-state index contributed by atoms with van der Waals surface area (Å²) in [6.45, 7) is 4.77. The minimum absolute atomic E-state index is 0.206. The molecule has 0 aromatic heterocycles. The van der Waals surface area contributed by atoms with Crippen LogP contribution >= 0.6 is 0 Å². The van der Waals surface area contributed by atoms with Crippen LogP contribution in [0.25, 0.3) is 0 Å². The largest absolute Gasteiger partial charge is 0.359 e. The summed E-state index contributed by atoms with van der Waals surface area (Å²) in [6, 6.07) is 4.99. The summed E-state index contributed by atoms with van der Waals surface area (Å²) in [5, 5.41) is 5.66. The zero-order chi connectivity index (χ0) is 16.2. The Labute approximate surface area is 134 Å². The van der Waals surface area contributed by atoms with Crippen LogP contribution in [0.3, 0.4) is 0 Å². The molecule has 0 spiro atoms. The summed E-state index contributed by atoms with van der Waals surface area (Å²) in [5.74, 6) is 0. The molecule has 0 saturated carbocycles. The number of urea groups is 2. The first-order valence-electron chi connectivity index (χ1n) is 7.51. The van der Waals surface area contributed by atoms with Crippen molar-refractivity contribution in [1.82, 2.24) is 9.80 Å². The van der Waals surface area contributed by atoms with Crippen LogP contribution in [0.4, 0.5) is 21.0 Å². The average molecular weight is 320 g/mol. The number of hydrogen-bond acceptors (Lipinski definition) is 4. The summed E-state index contributed by atoms with van der Waals surface area (Å²) in [5.41, 5.74) is 2.21. The maximum atomic E-state index is 12.1.